The molecule has 1 saturated carbocycles. The Morgan fingerprint density at radius 2 is 1.82 bits per heavy atom. The minimum absolute atomic E-state index is 0.187. The van der Waals surface area contributed by atoms with Crippen molar-refractivity contribution in [1.82, 2.24) is 10.2 Å². The molecule has 1 aliphatic heterocycles. The van der Waals surface area contributed by atoms with E-state index in [-0.39, 0.29) is 6.09 Å². The second kappa shape index (κ2) is 7.91. The van der Waals surface area contributed by atoms with Gasteiger partial charge in [-0.2, -0.15) is 11.8 Å². The van der Waals surface area contributed by atoms with E-state index in [1.165, 1.54) is 37.2 Å². The largest absolute Gasteiger partial charge is 0.444 e. The lowest BCUT2D eigenvalue weighted by molar-refractivity contribution is 0.0178. The van der Waals surface area contributed by atoms with Crippen LogP contribution in [-0.4, -0.2) is 53.3 Å². The van der Waals surface area contributed by atoms with E-state index in [2.05, 4.69) is 17.1 Å². The molecule has 2 rings (SSSR count). The van der Waals surface area contributed by atoms with Gasteiger partial charge in [-0.1, -0.05) is 0 Å². The van der Waals surface area contributed by atoms with Gasteiger partial charge in [0.15, 0.2) is 0 Å². The summed E-state index contributed by atoms with van der Waals surface area (Å²) >= 11 is 2.07. The fourth-order valence-corrected chi connectivity index (χ4v) is 4.40. The molecule has 1 unspecified atom stereocenters. The third kappa shape index (κ3) is 5.65. The molecule has 2 aliphatic rings. The number of ether oxygens (including phenoxy) is 1. The number of rotatable bonds is 3. The molecule has 1 amide bonds. The number of carbonyl (C=O) groups is 1. The number of carbonyl (C=O) groups excluding carboxylic acids is 1. The molecule has 1 saturated heterocycles. The zero-order chi connectivity index (χ0) is 16.2. The smallest absolute Gasteiger partial charge is 0.410 e. The van der Waals surface area contributed by atoms with E-state index in [9.17, 15) is 4.79 Å². The zero-order valence-corrected chi connectivity index (χ0v) is 15.4. The van der Waals surface area contributed by atoms with Crippen LogP contribution in [0.15, 0.2) is 0 Å². The third-order valence-corrected chi connectivity index (χ3v) is 5.77. The van der Waals surface area contributed by atoms with E-state index in [4.69, 9.17) is 4.74 Å². The molecule has 1 aliphatic carbocycles. The van der Waals surface area contributed by atoms with Gasteiger partial charge in [-0.3, -0.25) is 0 Å². The van der Waals surface area contributed by atoms with E-state index < -0.39 is 5.60 Å². The lowest BCUT2D eigenvalue weighted by Gasteiger charge is -2.37. The van der Waals surface area contributed by atoms with Gasteiger partial charge in [0, 0.05) is 30.9 Å². The molecule has 5 heteroatoms. The molecule has 22 heavy (non-hydrogen) atoms. The number of nitrogens with zero attached hydrogens (tertiary/aromatic N) is 1. The summed E-state index contributed by atoms with van der Waals surface area (Å²) in [6, 6.07) is 1.66. The molecular weight excluding hydrogens is 296 g/mol. The van der Waals surface area contributed by atoms with Crippen molar-refractivity contribution in [2.75, 3.05) is 18.6 Å². The molecule has 0 aromatic carbocycles. The maximum Gasteiger partial charge on any atom is 0.410 e. The van der Waals surface area contributed by atoms with Crippen LogP contribution in [0.2, 0.25) is 0 Å². The van der Waals surface area contributed by atoms with Crippen molar-refractivity contribution in [3.8, 4) is 0 Å². The molecule has 4 nitrogen and oxygen atoms in total. The topological polar surface area (TPSA) is 41.6 Å². The van der Waals surface area contributed by atoms with Crippen molar-refractivity contribution in [3.63, 3.8) is 0 Å². The van der Waals surface area contributed by atoms with Crippen LogP contribution in [0.4, 0.5) is 4.79 Å². The van der Waals surface area contributed by atoms with E-state index in [0.29, 0.717) is 18.1 Å². The molecule has 1 N–H and O–H groups in total. The second-order valence-electron chi connectivity index (χ2n) is 7.68. The van der Waals surface area contributed by atoms with Gasteiger partial charge in [0.05, 0.1) is 0 Å². The highest BCUT2D eigenvalue weighted by Crippen LogP contribution is 2.26. The maximum absolute atomic E-state index is 12.1. The normalized spacial score (nSPS) is 29.9. The van der Waals surface area contributed by atoms with Crippen molar-refractivity contribution in [1.29, 1.82) is 0 Å². The first-order valence-corrected chi connectivity index (χ1v) is 9.80. The van der Waals surface area contributed by atoms with Crippen LogP contribution < -0.4 is 5.32 Å². The van der Waals surface area contributed by atoms with Gasteiger partial charge in [-0.15, -0.1) is 0 Å². The first kappa shape index (κ1) is 17.9. The van der Waals surface area contributed by atoms with Crippen molar-refractivity contribution >= 4 is 17.9 Å². The highest BCUT2D eigenvalue weighted by molar-refractivity contribution is 7.99. The predicted octanol–water partition coefficient (Wildman–Crippen LogP) is 3.65. The molecule has 0 aromatic rings. The lowest BCUT2D eigenvalue weighted by Crippen LogP contribution is -2.47. The Balaban J connectivity index is 1.72. The van der Waals surface area contributed by atoms with Gasteiger partial charge in [0.2, 0.25) is 0 Å². The number of hydrogen-bond acceptors (Lipinski definition) is 4. The highest BCUT2D eigenvalue weighted by atomic mass is 32.2. The summed E-state index contributed by atoms with van der Waals surface area (Å²) in [5, 5.41) is 3.83. The summed E-state index contributed by atoms with van der Waals surface area (Å²) in [5.74, 6) is 2.59. The fraction of sp³-hybridized carbons (Fsp3) is 0.941. The Kier molecular flexibility index (Phi) is 6.45. The van der Waals surface area contributed by atoms with Gasteiger partial charge in [-0.05, 0) is 65.0 Å². The van der Waals surface area contributed by atoms with Gasteiger partial charge >= 0.3 is 6.09 Å². The van der Waals surface area contributed by atoms with Crippen LogP contribution in [0, 0.1) is 0 Å². The lowest BCUT2D eigenvalue weighted by atomic mass is 9.90. The van der Waals surface area contributed by atoms with Crippen LogP contribution in [-0.2, 0) is 4.74 Å². The standard InChI is InChI=1S/C17H32N2O2S/c1-17(2,3)21-16(20)19(4)15-9-7-13(8-10-15)18-14-6-5-11-22-12-14/h13-15,18H,5-12H2,1-4H3. The summed E-state index contributed by atoms with van der Waals surface area (Å²) in [7, 11) is 1.88. The van der Waals surface area contributed by atoms with Crippen LogP contribution in [0.25, 0.3) is 0 Å². The first-order valence-electron chi connectivity index (χ1n) is 8.65. The van der Waals surface area contributed by atoms with Gasteiger partial charge in [0.1, 0.15) is 5.60 Å². The Bertz CT molecular complexity index is 356. The van der Waals surface area contributed by atoms with E-state index in [1.54, 1.807) is 4.90 Å². The Morgan fingerprint density at radius 3 is 2.36 bits per heavy atom. The van der Waals surface area contributed by atoms with Crippen molar-refractivity contribution in [2.24, 2.45) is 0 Å². The van der Waals surface area contributed by atoms with Crippen LogP contribution in [0.5, 0.6) is 0 Å². The second-order valence-corrected chi connectivity index (χ2v) is 8.83. The average molecular weight is 329 g/mol. The summed E-state index contributed by atoms with van der Waals surface area (Å²) < 4.78 is 5.47. The summed E-state index contributed by atoms with van der Waals surface area (Å²) in [6.45, 7) is 5.76. The Labute approximate surface area is 139 Å². The molecule has 0 aromatic heterocycles. The Hall–Kier alpha value is -0.420. The number of thioether (sulfide) groups is 1. The minimum atomic E-state index is -0.414. The molecule has 0 radical (unpaired) electrons. The molecular formula is C17H32N2O2S. The molecule has 1 heterocycles. The van der Waals surface area contributed by atoms with Crippen molar-refractivity contribution in [3.05, 3.63) is 0 Å². The fourth-order valence-electron chi connectivity index (χ4n) is 3.32. The summed E-state index contributed by atoms with van der Waals surface area (Å²) in [6.07, 6.45) is 6.97. The van der Waals surface area contributed by atoms with Gasteiger partial charge < -0.3 is 15.0 Å². The minimum Gasteiger partial charge on any atom is -0.444 e. The van der Waals surface area contributed by atoms with E-state index >= 15 is 0 Å². The molecule has 0 spiro atoms. The summed E-state index contributed by atoms with van der Waals surface area (Å²) in [5.41, 5.74) is -0.414. The number of amides is 1. The highest BCUT2D eigenvalue weighted by Gasteiger charge is 2.30. The van der Waals surface area contributed by atoms with Crippen molar-refractivity contribution < 1.29 is 9.53 Å². The quantitative estimate of drug-likeness (QED) is 0.858. The number of nitrogens with one attached hydrogen (secondary N) is 1. The van der Waals surface area contributed by atoms with Crippen molar-refractivity contribution in [2.45, 2.75) is 83.0 Å². The number of hydrogen-bond donors (Lipinski definition) is 1. The molecule has 2 fully saturated rings. The third-order valence-electron chi connectivity index (χ3n) is 4.56. The van der Waals surface area contributed by atoms with E-state index in [1.807, 2.05) is 27.8 Å². The predicted molar refractivity (Wildman–Crippen MR) is 93.5 cm³/mol. The SMILES string of the molecule is CN(C(=O)OC(C)(C)C)C1CCC(NC2CCCSC2)CC1. The maximum atomic E-state index is 12.1. The van der Waals surface area contributed by atoms with Gasteiger partial charge in [0.25, 0.3) is 0 Å². The zero-order valence-electron chi connectivity index (χ0n) is 14.6. The Morgan fingerprint density at radius 1 is 1.14 bits per heavy atom. The van der Waals surface area contributed by atoms with Crippen LogP contribution >= 0.6 is 11.8 Å². The van der Waals surface area contributed by atoms with Crippen LogP contribution in [0.1, 0.15) is 59.3 Å². The first-order chi connectivity index (χ1) is 10.3. The van der Waals surface area contributed by atoms with Crippen LogP contribution in [0.3, 0.4) is 0 Å². The van der Waals surface area contributed by atoms with E-state index in [0.717, 1.165) is 12.8 Å². The molecule has 128 valence electrons. The monoisotopic (exact) mass is 328 g/mol. The average Bonchev–Trinajstić information content (AvgIpc) is 2.46. The van der Waals surface area contributed by atoms with Gasteiger partial charge in [-0.25, -0.2) is 4.79 Å². The molecule has 1 atom stereocenters. The summed E-state index contributed by atoms with van der Waals surface area (Å²) in [4.78, 5) is 13.9. The molecule has 0 bridgehead atoms.